The van der Waals surface area contributed by atoms with Gasteiger partial charge in [0.15, 0.2) is 0 Å². The van der Waals surface area contributed by atoms with Crippen LogP contribution in [-0.4, -0.2) is 59.1 Å². The maximum absolute atomic E-state index is 13.0. The van der Waals surface area contributed by atoms with Gasteiger partial charge in [-0.25, -0.2) is 0 Å². The number of piperidine rings is 1. The number of rotatable bonds is 7. The summed E-state index contributed by atoms with van der Waals surface area (Å²) < 4.78 is 13.9. The summed E-state index contributed by atoms with van der Waals surface area (Å²) in [6, 6.07) is 1.91. The Morgan fingerprint density at radius 1 is 1.33 bits per heavy atom. The SMILES string of the molecule is CCn1nc(C)cc1C(=O)N1CCC2(CC1)OCC[C@@H]2CCOCC1CC1. The number of ether oxygens (including phenoxy) is 2. The monoisotopic (exact) mass is 375 g/mol. The van der Waals surface area contributed by atoms with E-state index in [0.29, 0.717) is 11.6 Å². The second-order valence-corrected chi connectivity index (χ2v) is 8.48. The molecule has 3 fully saturated rings. The lowest BCUT2D eigenvalue weighted by Crippen LogP contribution is -2.49. The third-order valence-corrected chi connectivity index (χ3v) is 6.58. The van der Waals surface area contributed by atoms with Crippen molar-refractivity contribution in [2.24, 2.45) is 11.8 Å². The summed E-state index contributed by atoms with van der Waals surface area (Å²) in [5, 5.41) is 4.42. The summed E-state index contributed by atoms with van der Waals surface area (Å²) in [5.74, 6) is 1.50. The van der Waals surface area contributed by atoms with Gasteiger partial charge in [0, 0.05) is 39.5 Å². The number of aryl methyl sites for hydroxylation is 2. The Balaban J connectivity index is 1.32. The van der Waals surface area contributed by atoms with Crippen LogP contribution in [0.5, 0.6) is 0 Å². The van der Waals surface area contributed by atoms with E-state index in [4.69, 9.17) is 9.47 Å². The maximum atomic E-state index is 13.0. The number of carbonyl (C=O) groups is 1. The molecular formula is C21H33N3O3. The van der Waals surface area contributed by atoms with Crippen molar-refractivity contribution in [3.05, 3.63) is 17.5 Å². The Hall–Kier alpha value is -1.40. The molecule has 1 atom stereocenters. The predicted molar refractivity (Wildman–Crippen MR) is 103 cm³/mol. The third-order valence-electron chi connectivity index (χ3n) is 6.58. The number of carbonyl (C=O) groups excluding carboxylic acids is 1. The van der Waals surface area contributed by atoms with Crippen molar-refractivity contribution in [2.75, 3.05) is 32.9 Å². The molecule has 6 heteroatoms. The van der Waals surface area contributed by atoms with E-state index in [0.717, 1.165) is 76.8 Å². The van der Waals surface area contributed by atoms with E-state index in [1.54, 1.807) is 0 Å². The highest BCUT2D eigenvalue weighted by molar-refractivity contribution is 5.92. The van der Waals surface area contributed by atoms with E-state index in [9.17, 15) is 4.79 Å². The van der Waals surface area contributed by atoms with Gasteiger partial charge in [-0.3, -0.25) is 9.48 Å². The van der Waals surface area contributed by atoms with E-state index < -0.39 is 0 Å². The van der Waals surface area contributed by atoms with Gasteiger partial charge < -0.3 is 14.4 Å². The minimum Gasteiger partial charge on any atom is -0.381 e. The highest BCUT2D eigenvalue weighted by Gasteiger charge is 2.46. The normalized spacial score (nSPS) is 24.7. The fraction of sp³-hybridized carbons (Fsp3) is 0.810. The van der Waals surface area contributed by atoms with Crippen molar-refractivity contribution >= 4 is 5.91 Å². The molecule has 0 N–H and O–H groups in total. The highest BCUT2D eigenvalue weighted by Crippen LogP contribution is 2.42. The first-order valence-electron chi connectivity index (χ1n) is 10.7. The summed E-state index contributed by atoms with van der Waals surface area (Å²) in [6.45, 7) is 8.87. The lowest BCUT2D eigenvalue weighted by molar-refractivity contribution is -0.0673. The van der Waals surface area contributed by atoms with Crippen LogP contribution in [0, 0.1) is 18.8 Å². The molecule has 2 saturated heterocycles. The quantitative estimate of drug-likeness (QED) is 0.688. The molecule has 0 aromatic carbocycles. The molecule has 1 aliphatic carbocycles. The minimum atomic E-state index is -0.0410. The molecule has 0 bridgehead atoms. The summed E-state index contributed by atoms with van der Waals surface area (Å²) in [5.41, 5.74) is 1.57. The van der Waals surface area contributed by atoms with Crippen LogP contribution in [0.15, 0.2) is 6.07 Å². The van der Waals surface area contributed by atoms with Crippen LogP contribution in [0.25, 0.3) is 0 Å². The minimum absolute atomic E-state index is 0.0410. The molecule has 2 aliphatic heterocycles. The second kappa shape index (κ2) is 7.92. The third kappa shape index (κ3) is 4.06. The van der Waals surface area contributed by atoms with Gasteiger partial charge in [-0.15, -0.1) is 0 Å². The van der Waals surface area contributed by atoms with Gasteiger partial charge in [0.1, 0.15) is 5.69 Å². The Bertz CT molecular complexity index is 660. The van der Waals surface area contributed by atoms with Gasteiger partial charge >= 0.3 is 0 Å². The molecule has 27 heavy (non-hydrogen) atoms. The van der Waals surface area contributed by atoms with E-state index in [1.165, 1.54) is 12.8 Å². The zero-order chi connectivity index (χ0) is 18.9. The molecular weight excluding hydrogens is 342 g/mol. The van der Waals surface area contributed by atoms with Crippen molar-refractivity contribution in [3.8, 4) is 0 Å². The van der Waals surface area contributed by atoms with Crippen LogP contribution < -0.4 is 0 Å². The van der Waals surface area contributed by atoms with Gasteiger partial charge in [-0.2, -0.15) is 5.10 Å². The van der Waals surface area contributed by atoms with E-state index >= 15 is 0 Å². The van der Waals surface area contributed by atoms with Gasteiger partial charge in [0.05, 0.1) is 11.3 Å². The van der Waals surface area contributed by atoms with E-state index in [-0.39, 0.29) is 11.5 Å². The highest BCUT2D eigenvalue weighted by atomic mass is 16.5. The van der Waals surface area contributed by atoms with Gasteiger partial charge in [0.2, 0.25) is 0 Å². The molecule has 1 spiro atoms. The Morgan fingerprint density at radius 3 is 2.81 bits per heavy atom. The van der Waals surface area contributed by atoms with Crippen LogP contribution in [0.4, 0.5) is 0 Å². The molecule has 1 saturated carbocycles. The molecule has 1 aromatic rings. The zero-order valence-electron chi connectivity index (χ0n) is 16.8. The number of likely N-dealkylation sites (tertiary alicyclic amines) is 1. The zero-order valence-corrected chi connectivity index (χ0v) is 16.8. The van der Waals surface area contributed by atoms with Crippen LogP contribution in [0.2, 0.25) is 0 Å². The average molecular weight is 376 g/mol. The molecule has 3 aliphatic rings. The lowest BCUT2D eigenvalue weighted by Gasteiger charge is -2.42. The Kier molecular flexibility index (Phi) is 5.55. The van der Waals surface area contributed by atoms with Crippen molar-refractivity contribution in [1.29, 1.82) is 0 Å². The number of nitrogens with zero attached hydrogens (tertiary/aromatic N) is 3. The smallest absolute Gasteiger partial charge is 0.272 e. The topological polar surface area (TPSA) is 56.6 Å². The lowest BCUT2D eigenvalue weighted by atomic mass is 9.78. The van der Waals surface area contributed by atoms with Gasteiger partial charge in [0.25, 0.3) is 5.91 Å². The fourth-order valence-electron chi connectivity index (χ4n) is 4.71. The first-order chi connectivity index (χ1) is 13.1. The molecule has 6 nitrogen and oxygen atoms in total. The first-order valence-corrected chi connectivity index (χ1v) is 10.7. The van der Waals surface area contributed by atoms with Gasteiger partial charge in [-0.1, -0.05) is 0 Å². The maximum Gasteiger partial charge on any atom is 0.272 e. The van der Waals surface area contributed by atoms with Gasteiger partial charge in [-0.05, 0) is 70.3 Å². The standard InChI is InChI=1S/C21H33N3O3/c1-3-24-19(14-16(2)22-24)20(25)23-10-8-21(9-11-23)18(7-13-27-21)6-12-26-15-17-4-5-17/h14,17-18H,3-13,15H2,1-2H3/t18-/m0/s1. The van der Waals surface area contributed by atoms with Crippen molar-refractivity contribution < 1.29 is 14.3 Å². The average Bonchev–Trinajstić information content (AvgIpc) is 3.32. The molecule has 4 rings (SSSR count). The van der Waals surface area contributed by atoms with Crippen LogP contribution >= 0.6 is 0 Å². The Labute approximate surface area is 162 Å². The van der Waals surface area contributed by atoms with E-state index in [1.807, 2.05) is 29.5 Å². The summed E-state index contributed by atoms with van der Waals surface area (Å²) >= 11 is 0. The first kappa shape index (κ1) is 18.9. The van der Waals surface area contributed by atoms with Crippen molar-refractivity contribution in [3.63, 3.8) is 0 Å². The van der Waals surface area contributed by atoms with Crippen LogP contribution in [-0.2, 0) is 16.0 Å². The molecule has 1 amide bonds. The summed E-state index contributed by atoms with van der Waals surface area (Å²) in [6.07, 6.45) is 6.77. The summed E-state index contributed by atoms with van der Waals surface area (Å²) in [7, 11) is 0. The van der Waals surface area contributed by atoms with Crippen molar-refractivity contribution in [2.45, 2.75) is 64.5 Å². The molecule has 0 unspecified atom stereocenters. The van der Waals surface area contributed by atoms with Crippen LogP contribution in [0.3, 0.4) is 0 Å². The van der Waals surface area contributed by atoms with Crippen LogP contribution in [0.1, 0.15) is 61.6 Å². The fourth-order valence-corrected chi connectivity index (χ4v) is 4.71. The van der Waals surface area contributed by atoms with Crippen molar-refractivity contribution in [1.82, 2.24) is 14.7 Å². The molecule has 3 heterocycles. The molecule has 0 radical (unpaired) electrons. The van der Waals surface area contributed by atoms with E-state index in [2.05, 4.69) is 5.10 Å². The summed E-state index contributed by atoms with van der Waals surface area (Å²) in [4.78, 5) is 14.9. The Morgan fingerprint density at radius 2 is 2.11 bits per heavy atom. The number of aromatic nitrogens is 2. The predicted octanol–water partition coefficient (Wildman–Crippen LogP) is 3.04. The molecule has 1 aromatic heterocycles. The number of hydrogen-bond acceptors (Lipinski definition) is 4. The number of hydrogen-bond donors (Lipinski definition) is 0. The number of amides is 1. The largest absolute Gasteiger partial charge is 0.381 e. The second-order valence-electron chi connectivity index (χ2n) is 8.48. The molecule has 150 valence electrons.